The van der Waals surface area contributed by atoms with E-state index in [4.69, 9.17) is 21.1 Å². The minimum atomic E-state index is -0.365. The number of methoxy groups -OCH3 is 1. The van der Waals surface area contributed by atoms with Crippen LogP contribution < -0.4 is 14.8 Å². The maximum atomic E-state index is 13.2. The van der Waals surface area contributed by atoms with Gasteiger partial charge in [-0.25, -0.2) is 4.39 Å². The molecule has 0 bridgehead atoms. The average Bonchev–Trinajstić information content (AvgIpc) is 2.51. The van der Waals surface area contributed by atoms with Crippen molar-refractivity contribution >= 4 is 24.0 Å². The van der Waals surface area contributed by atoms with Crippen LogP contribution in [0.5, 0.6) is 11.5 Å². The quantitative estimate of drug-likeness (QED) is 0.721. The number of halogens is 3. The zero-order valence-electron chi connectivity index (χ0n) is 14.9. The second kappa shape index (κ2) is 9.27. The van der Waals surface area contributed by atoms with Gasteiger partial charge in [-0.2, -0.15) is 0 Å². The standard InChI is InChI=1S/C19H23ClFNO2.ClH/c1-19(2,3)22-11-13-6-5-7-17(23-4)18(13)24-12-14-8-9-15(21)10-16(14)20;/h5-10,22H,11-12H2,1-4H3;1H. The van der Waals surface area contributed by atoms with Gasteiger partial charge < -0.3 is 14.8 Å². The van der Waals surface area contributed by atoms with Crippen LogP contribution in [0.2, 0.25) is 5.02 Å². The van der Waals surface area contributed by atoms with E-state index in [-0.39, 0.29) is 30.4 Å². The van der Waals surface area contributed by atoms with Gasteiger partial charge >= 0.3 is 0 Å². The zero-order valence-corrected chi connectivity index (χ0v) is 16.4. The van der Waals surface area contributed by atoms with E-state index in [9.17, 15) is 4.39 Å². The normalized spacial score (nSPS) is 11.0. The van der Waals surface area contributed by atoms with Crippen molar-refractivity contribution in [2.75, 3.05) is 7.11 Å². The van der Waals surface area contributed by atoms with Gasteiger partial charge in [-0.3, -0.25) is 0 Å². The molecule has 0 aliphatic carbocycles. The second-order valence-electron chi connectivity index (χ2n) is 6.58. The lowest BCUT2D eigenvalue weighted by Crippen LogP contribution is -2.35. The van der Waals surface area contributed by atoms with Crippen molar-refractivity contribution in [3.8, 4) is 11.5 Å². The van der Waals surface area contributed by atoms with Crippen LogP contribution in [0.15, 0.2) is 36.4 Å². The molecule has 0 aromatic heterocycles. The summed E-state index contributed by atoms with van der Waals surface area (Å²) in [6.07, 6.45) is 0. The summed E-state index contributed by atoms with van der Waals surface area (Å²) >= 11 is 6.07. The van der Waals surface area contributed by atoms with Crippen molar-refractivity contribution in [2.24, 2.45) is 0 Å². The molecule has 0 amide bonds. The molecule has 3 nitrogen and oxygen atoms in total. The third-order valence-corrected chi connectivity index (χ3v) is 3.83. The fourth-order valence-corrected chi connectivity index (χ4v) is 2.40. The number of ether oxygens (including phenoxy) is 2. The first kappa shape index (κ1) is 21.6. The first-order chi connectivity index (χ1) is 11.3. The van der Waals surface area contributed by atoms with Crippen LogP contribution in [0, 0.1) is 5.82 Å². The van der Waals surface area contributed by atoms with Crippen molar-refractivity contribution in [3.63, 3.8) is 0 Å². The number of hydrogen-bond donors (Lipinski definition) is 1. The maximum Gasteiger partial charge on any atom is 0.166 e. The predicted octanol–water partition coefficient (Wildman–Crippen LogP) is 5.38. The third kappa shape index (κ3) is 6.38. The molecule has 0 unspecified atom stereocenters. The molecule has 1 N–H and O–H groups in total. The Bertz CT molecular complexity index is 702. The molecule has 2 rings (SSSR count). The molecule has 0 atom stereocenters. The van der Waals surface area contributed by atoms with E-state index < -0.39 is 0 Å². The molecule has 0 spiro atoms. The molecule has 0 aliphatic heterocycles. The van der Waals surface area contributed by atoms with Crippen LogP contribution in [0.4, 0.5) is 4.39 Å². The summed E-state index contributed by atoms with van der Waals surface area (Å²) < 4.78 is 24.5. The van der Waals surface area contributed by atoms with Crippen LogP contribution in [0.3, 0.4) is 0 Å². The van der Waals surface area contributed by atoms with Gasteiger partial charge in [0.2, 0.25) is 0 Å². The lowest BCUT2D eigenvalue weighted by molar-refractivity contribution is 0.279. The Kier molecular flexibility index (Phi) is 8.00. The Balaban J connectivity index is 0.00000312. The molecule has 0 radical (unpaired) electrons. The minimum Gasteiger partial charge on any atom is -0.493 e. The highest BCUT2D eigenvalue weighted by atomic mass is 35.5. The largest absolute Gasteiger partial charge is 0.493 e. The molecule has 0 saturated heterocycles. The number of hydrogen-bond acceptors (Lipinski definition) is 3. The Morgan fingerprint density at radius 3 is 2.44 bits per heavy atom. The summed E-state index contributed by atoms with van der Waals surface area (Å²) in [4.78, 5) is 0. The molecule has 0 heterocycles. The monoisotopic (exact) mass is 387 g/mol. The minimum absolute atomic E-state index is 0. The van der Waals surface area contributed by atoms with Gasteiger partial charge in [-0.1, -0.05) is 29.8 Å². The average molecular weight is 388 g/mol. The molecule has 2 aromatic rings. The van der Waals surface area contributed by atoms with Crippen molar-refractivity contribution in [3.05, 3.63) is 58.4 Å². The van der Waals surface area contributed by atoms with Gasteiger partial charge in [0.1, 0.15) is 12.4 Å². The van der Waals surface area contributed by atoms with Crippen molar-refractivity contribution in [1.82, 2.24) is 5.32 Å². The van der Waals surface area contributed by atoms with Crippen LogP contribution in [-0.4, -0.2) is 12.6 Å². The lowest BCUT2D eigenvalue weighted by atomic mass is 10.1. The number of rotatable bonds is 6. The Hall–Kier alpha value is -1.49. The number of nitrogens with one attached hydrogen (secondary N) is 1. The van der Waals surface area contributed by atoms with Gasteiger partial charge in [0.05, 0.1) is 12.1 Å². The molecule has 25 heavy (non-hydrogen) atoms. The summed E-state index contributed by atoms with van der Waals surface area (Å²) in [5.41, 5.74) is 1.70. The topological polar surface area (TPSA) is 30.5 Å². The molecule has 6 heteroatoms. The summed E-state index contributed by atoms with van der Waals surface area (Å²) in [6, 6.07) is 10.0. The fraction of sp³-hybridized carbons (Fsp3) is 0.368. The first-order valence-corrected chi connectivity index (χ1v) is 8.15. The van der Waals surface area contributed by atoms with E-state index in [0.717, 1.165) is 11.1 Å². The van der Waals surface area contributed by atoms with Gasteiger partial charge in [-0.15, -0.1) is 12.4 Å². The van der Waals surface area contributed by atoms with Gasteiger partial charge in [0.15, 0.2) is 11.5 Å². The molecular weight excluding hydrogens is 364 g/mol. The Morgan fingerprint density at radius 2 is 1.84 bits per heavy atom. The van der Waals surface area contributed by atoms with Crippen LogP contribution in [0.1, 0.15) is 31.9 Å². The fourth-order valence-electron chi connectivity index (χ4n) is 2.17. The molecule has 0 aliphatic rings. The molecule has 138 valence electrons. The Labute approximate surface area is 159 Å². The summed E-state index contributed by atoms with van der Waals surface area (Å²) in [6.45, 7) is 7.19. The van der Waals surface area contributed by atoms with E-state index in [2.05, 4.69) is 26.1 Å². The van der Waals surface area contributed by atoms with Crippen molar-refractivity contribution in [1.29, 1.82) is 0 Å². The lowest BCUT2D eigenvalue weighted by Gasteiger charge is -2.22. The SMILES string of the molecule is COc1cccc(CNC(C)(C)C)c1OCc1ccc(F)cc1Cl.Cl. The van der Waals surface area contributed by atoms with Crippen LogP contribution >= 0.6 is 24.0 Å². The highest BCUT2D eigenvalue weighted by molar-refractivity contribution is 6.31. The third-order valence-electron chi connectivity index (χ3n) is 3.48. The Morgan fingerprint density at radius 1 is 1.12 bits per heavy atom. The number of para-hydroxylation sites is 1. The predicted molar refractivity (Wildman–Crippen MR) is 103 cm³/mol. The van der Waals surface area contributed by atoms with Gasteiger partial charge in [-0.05, 0) is 39.0 Å². The second-order valence-corrected chi connectivity index (χ2v) is 6.98. The molecular formula is C19H24Cl2FNO2. The van der Waals surface area contributed by atoms with Gasteiger partial charge in [0, 0.05) is 23.2 Å². The highest BCUT2D eigenvalue weighted by Crippen LogP contribution is 2.32. The summed E-state index contributed by atoms with van der Waals surface area (Å²) in [5, 5.41) is 3.78. The van der Waals surface area contributed by atoms with E-state index in [1.807, 2.05) is 18.2 Å². The number of benzene rings is 2. The highest BCUT2D eigenvalue weighted by Gasteiger charge is 2.15. The molecule has 0 saturated carbocycles. The summed E-state index contributed by atoms with van der Waals surface area (Å²) in [5.74, 6) is 0.953. The van der Waals surface area contributed by atoms with E-state index in [1.54, 1.807) is 13.2 Å². The smallest absolute Gasteiger partial charge is 0.166 e. The van der Waals surface area contributed by atoms with Crippen LogP contribution in [-0.2, 0) is 13.2 Å². The first-order valence-electron chi connectivity index (χ1n) is 7.78. The van der Waals surface area contributed by atoms with Crippen LogP contribution in [0.25, 0.3) is 0 Å². The van der Waals surface area contributed by atoms with Gasteiger partial charge in [0.25, 0.3) is 0 Å². The van der Waals surface area contributed by atoms with E-state index >= 15 is 0 Å². The maximum absolute atomic E-state index is 13.2. The van der Waals surface area contributed by atoms with Crippen molar-refractivity contribution < 1.29 is 13.9 Å². The molecule has 0 fully saturated rings. The zero-order chi connectivity index (χ0) is 17.7. The van der Waals surface area contributed by atoms with E-state index in [0.29, 0.717) is 23.1 Å². The molecule has 2 aromatic carbocycles. The van der Waals surface area contributed by atoms with Crippen molar-refractivity contribution in [2.45, 2.75) is 39.5 Å². The van der Waals surface area contributed by atoms with E-state index in [1.165, 1.54) is 12.1 Å². The summed E-state index contributed by atoms with van der Waals surface area (Å²) in [7, 11) is 1.61.